The van der Waals surface area contributed by atoms with E-state index in [4.69, 9.17) is 9.47 Å². The standard InChI is InChI=1S/C21H23NO4/c1-13(23)15-10-18(17-12-21(2,3)26-19(17)11-15)25-16-8-6-14(7-9-16)20(24)22(4)5/h6-11H,12H2,1-5H3. The van der Waals surface area contributed by atoms with Gasteiger partial charge >= 0.3 is 0 Å². The topological polar surface area (TPSA) is 55.8 Å². The minimum atomic E-state index is -0.335. The number of carbonyl (C=O) groups is 2. The van der Waals surface area contributed by atoms with Crippen molar-refractivity contribution in [2.24, 2.45) is 0 Å². The van der Waals surface area contributed by atoms with Gasteiger partial charge in [0, 0.05) is 37.2 Å². The lowest BCUT2D eigenvalue weighted by molar-refractivity contribution is 0.0827. The van der Waals surface area contributed by atoms with E-state index in [1.807, 2.05) is 13.8 Å². The van der Waals surface area contributed by atoms with Crippen LogP contribution in [0.5, 0.6) is 17.2 Å². The smallest absolute Gasteiger partial charge is 0.253 e. The fourth-order valence-electron chi connectivity index (χ4n) is 2.99. The lowest BCUT2D eigenvalue weighted by Gasteiger charge is -2.16. The highest BCUT2D eigenvalue weighted by Crippen LogP contribution is 2.43. The van der Waals surface area contributed by atoms with E-state index in [2.05, 4.69) is 0 Å². The molecule has 3 rings (SSSR count). The zero-order chi connectivity index (χ0) is 19.1. The molecule has 0 N–H and O–H groups in total. The number of carbonyl (C=O) groups excluding carboxylic acids is 2. The van der Waals surface area contributed by atoms with Crippen LogP contribution in [0.2, 0.25) is 0 Å². The molecule has 0 fully saturated rings. The number of hydrogen-bond donors (Lipinski definition) is 0. The third-order valence-electron chi connectivity index (χ3n) is 4.30. The Kier molecular flexibility index (Phi) is 4.48. The van der Waals surface area contributed by atoms with Gasteiger partial charge in [0.25, 0.3) is 5.91 Å². The summed E-state index contributed by atoms with van der Waals surface area (Å²) in [5.41, 5.74) is 1.76. The van der Waals surface area contributed by atoms with Gasteiger partial charge in [0.05, 0.1) is 0 Å². The van der Waals surface area contributed by atoms with Crippen LogP contribution in [0.25, 0.3) is 0 Å². The van der Waals surface area contributed by atoms with Crippen LogP contribution < -0.4 is 9.47 Å². The van der Waals surface area contributed by atoms with E-state index in [1.165, 1.54) is 11.8 Å². The second kappa shape index (κ2) is 6.48. The zero-order valence-corrected chi connectivity index (χ0v) is 15.8. The Labute approximate surface area is 153 Å². The summed E-state index contributed by atoms with van der Waals surface area (Å²) in [5.74, 6) is 1.80. The van der Waals surface area contributed by atoms with Crippen molar-refractivity contribution in [3.05, 3.63) is 53.1 Å². The van der Waals surface area contributed by atoms with Crippen molar-refractivity contribution >= 4 is 11.7 Å². The number of Topliss-reactive ketones (excluding diaryl/α,β-unsaturated/α-hetero) is 1. The van der Waals surface area contributed by atoms with Crippen LogP contribution in [0, 0.1) is 0 Å². The van der Waals surface area contributed by atoms with Crippen LogP contribution in [0.3, 0.4) is 0 Å². The lowest BCUT2D eigenvalue weighted by atomic mass is 9.99. The van der Waals surface area contributed by atoms with Gasteiger partial charge in [0.1, 0.15) is 22.8 Å². The highest BCUT2D eigenvalue weighted by Gasteiger charge is 2.33. The molecule has 0 aromatic heterocycles. The molecule has 1 amide bonds. The summed E-state index contributed by atoms with van der Waals surface area (Å²) < 4.78 is 12.0. The number of nitrogens with zero attached hydrogens (tertiary/aromatic N) is 1. The molecule has 0 saturated heterocycles. The first-order valence-corrected chi connectivity index (χ1v) is 8.53. The second-order valence-corrected chi connectivity index (χ2v) is 7.37. The summed E-state index contributed by atoms with van der Waals surface area (Å²) in [6.45, 7) is 5.53. The van der Waals surface area contributed by atoms with Crippen molar-refractivity contribution in [3.8, 4) is 17.2 Å². The number of fused-ring (bicyclic) bond motifs is 1. The minimum Gasteiger partial charge on any atom is -0.487 e. The molecule has 2 aromatic carbocycles. The number of amides is 1. The van der Waals surface area contributed by atoms with Gasteiger partial charge in [0.2, 0.25) is 0 Å². The molecule has 0 radical (unpaired) electrons. The molecule has 0 saturated carbocycles. The van der Waals surface area contributed by atoms with Gasteiger partial charge in [-0.05, 0) is 57.2 Å². The first-order chi connectivity index (χ1) is 12.2. The maximum absolute atomic E-state index is 12.0. The predicted octanol–water partition coefficient (Wildman–Crippen LogP) is 4.10. The molecule has 1 aliphatic rings. The molecule has 0 unspecified atom stereocenters. The molecular formula is C21H23NO4. The van der Waals surface area contributed by atoms with Gasteiger partial charge in [-0.25, -0.2) is 0 Å². The number of ether oxygens (including phenoxy) is 2. The quantitative estimate of drug-likeness (QED) is 0.777. The molecule has 2 aromatic rings. The predicted molar refractivity (Wildman–Crippen MR) is 99.4 cm³/mol. The zero-order valence-electron chi connectivity index (χ0n) is 15.8. The monoisotopic (exact) mass is 353 g/mol. The third-order valence-corrected chi connectivity index (χ3v) is 4.30. The van der Waals surface area contributed by atoms with E-state index in [1.54, 1.807) is 50.5 Å². The summed E-state index contributed by atoms with van der Waals surface area (Å²) in [6.07, 6.45) is 0.701. The van der Waals surface area contributed by atoms with Gasteiger partial charge in [-0.3, -0.25) is 9.59 Å². The lowest BCUT2D eigenvalue weighted by Crippen LogP contribution is -2.24. The largest absolute Gasteiger partial charge is 0.487 e. The van der Waals surface area contributed by atoms with Gasteiger partial charge in [0.15, 0.2) is 5.78 Å². The van der Waals surface area contributed by atoms with Crippen molar-refractivity contribution in [1.82, 2.24) is 4.90 Å². The highest BCUT2D eigenvalue weighted by molar-refractivity contribution is 5.95. The molecule has 5 nitrogen and oxygen atoms in total. The molecule has 26 heavy (non-hydrogen) atoms. The van der Waals surface area contributed by atoms with Crippen molar-refractivity contribution in [3.63, 3.8) is 0 Å². The molecule has 0 spiro atoms. The van der Waals surface area contributed by atoms with Crippen LogP contribution in [-0.4, -0.2) is 36.3 Å². The van der Waals surface area contributed by atoms with Crippen molar-refractivity contribution in [1.29, 1.82) is 0 Å². The van der Waals surface area contributed by atoms with E-state index in [0.717, 1.165) is 5.56 Å². The first kappa shape index (κ1) is 18.0. The average Bonchev–Trinajstić information content (AvgIpc) is 2.89. The third kappa shape index (κ3) is 3.57. The van der Waals surface area contributed by atoms with Crippen LogP contribution >= 0.6 is 0 Å². The Morgan fingerprint density at radius 1 is 1.08 bits per heavy atom. The fraction of sp³-hybridized carbons (Fsp3) is 0.333. The van der Waals surface area contributed by atoms with Crippen LogP contribution in [0.1, 0.15) is 47.1 Å². The number of hydrogen-bond acceptors (Lipinski definition) is 4. The van der Waals surface area contributed by atoms with Gasteiger partial charge < -0.3 is 14.4 Å². The van der Waals surface area contributed by atoms with Crippen LogP contribution in [-0.2, 0) is 6.42 Å². The van der Waals surface area contributed by atoms with E-state index < -0.39 is 0 Å². The summed E-state index contributed by atoms with van der Waals surface area (Å²) in [4.78, 5) is 25.4. The molecule has 0 bridgehead atoms. The first-order valence-electron chi connectivity index (χ1n) is 8.53. The molecule has 1 aliphatic heterocycles. The Morgan fingerprint density at radius 3 is 2.31 bits per heavy atom. The van der Waals surface area contributed by atoms with Crippen molar-refractivity contribution in [2.45, 2.75) is 32.8 Å². The molecule has 0 aliphatic carbocycles. The normalized spacial score (nSPS) is 14.3. The molecule has 5 heteroatoms. The molecule has 1 heterocycles. The number of rotatable bonds is 4. The minimum absolute atomic E-state index is 0.0436. The van der Waals surface area contributed by atoms with Crippen molar-refractivity contribution < 1.29 is 19.1 Å². The summed E-state index contributed by atoms with van der Waals surface area (Å²) >= 11 is 0. The summed E-state index contributed by atoms with van der Waals surface area (Å²) in [7, 11) is 3.43. The van der Waals surface area contributed by atoms with E-state index in [-0.39, 0.29) is 17.3 Å². The van der Waals surface area contributed by atoms with Crippen LogP contribution in [0.15, 0.2) is 36.4 Å². The number of ketones is 1. The fourth-order valence-corrected chi connectivity index (χ4v) is 2.99. The van der Waals surface area contributed by atoms with Gasteiger partial charge in [-0.2, -0.15) is 0 Å². The van der Waals surface area contributed by atoms with E-state index >= 15 is 0 Å². The maximum Gasteiger partial charge on any atom is 0.253 e. The van der Waals surface area contributed by atoms with Gasteiger partial charge in [-0.15, -0.1) is 0 Å². The molecular weight excluding hydrogens is 330 g/mol. The second-order valence-electron chi connectivity index (χ2n) is 7.37. The summed E-state index contributed by atoms with van der Waals surface area (Å²) in [5, 5.41) is 0. The maximum atomic E-state index is 12.0. The highest BCUT2D eigenvalue weighted by atomic mass is 16.5. The van der Waals surface area contributed by atoms with Gasteiger partial charge in [-0.1, -0.05) is 0 Å². The number of benzene rings is 2. The van der Waals surface area contributed by atoms with E-state index in [9.17, 15) is 9.59 Å². The van der Waals surface area contributed by atoms with Crippen molar-refractivity contribution in [2.75, 3.05) is 14.1 Å². The Bertz CT molecular complexity index is 866. The summed E-state index contributed by atoms with van der Waals surface area (Å²) in [6, 6.07) is 10.5. The molecule has 136 valence electrons. The Morgan fingerprint density at radius 2 is 1.73 bits per heavy atom. The van der Waals surface area contributed by atoms with E-state index in [0.29, 0.717) is 34.8 Å². The Balaban J connectivity index is 1.93. The van der Waals surface area contributed by atoms with Crippen LogP contribution in [0.4, 0.5) is 0 Å². The SMILES string of the molecule is CC(=O)c1cc(Oc2ccc(C(=O)N(C)C)cc2)c2c(c1)OC(C)(C)C2. The molecule has 0 atom stereocenters. The average molecular weight is 353 g/mol. The Hall–Kier alpha value is -2.82.